The van der Waals surface area contributed by atoms with Gasteiger partial charge in [0.25, 0.3) is 0 Å². The summed E-state index contributed by atoms with van der Waals surface area (Å²) in [6.45, 7) is 11.0. The highest BCUT2D eigenvalue weighted by atomic mass is 16.5. The molecule has 0 unspecified atom stereocenters. The number of quaternary nitrogens is 1. The highest BCUT2D eigenvalue weighted by Gasteiger charge is 2.48. The zero-order valence-corrected chi connectivity index (χ0v) is 21.2. The maximum absolute atomic E-state index is 11.9. The Balaban J connectivity index is 1.25. The number of ether oxygens (including phenoxy) is 4. The lowest BCUT2D eigenvalue weighted by molar-refractivity contribution is -0.946. The first-order chi connectivity index (χ1) is 16.7. The van der Waals surface area contributed by atoms with E-state index in [2.05, 4.69) is 12.1 Å². The maximum Gasteiger partial charge on any atom is 0.116 e. The molecule has 4 aliphatic rings. The molecule has 3 aliphatic heterocycles. The van der Waals surface area contributed by atoms with E-state index in [0.29, 0.717) is 44.9 Å². The van der Waals surface area contributed by atoms with Crippen molar-refractivity contribution < 1.29 is 28.5 Å². The van der Waals surface area contributed by atoms with Gasteiger partial charge in [-0.1, -0.05) is 43.2 Å². The minimum atomic E-state index is -0.875. The van der Waals surface area contributed by atoms with Gasteiger partial charge in [-0.05, 0) is 31.2 Å². The highest BCUT2D eigenvalue weighted by molar-refractivity contribution is 5.24. The normalized spacial score (nSPS) is 28.9. The van der Waals surface area contributed by atoms with Gasteiger partial charge in [-0.2, -0.15) is 0 Å². The molecule has 6 heteroatoms. The van der Waals surface area contributed by atoms with Gasteiger partial charge in [0.2, 0.25) is 0 Å². The molecular formula is C28H46NO5+. The van der Waals surface area contributed by atoms with Crippen molar-refractivity contribution in [2.45, 2.75) is 57.2 Å². The average Bonchev–Trinajstić information content (AvgIpc) is 3.43. The zero-order chi connectivity index (χ0) is 23.7. The van der Waals surface area contributed by atoms with Crippen LogP contribution >= 0.6 is 0 Å². The number of fused-ring (bicyclic) bond motifs is 3. The van der Waals surface area contributed by atoms with Crippen molar-refractivity contribution >= 4 is 0 Å². The fourth-order valence-corrected chi connectivity index (χ4v) is 6.37. The Hall–Kier alpha value is -1.02. The largest absolute Gasteiger partial charge is 0.382 e. The summed E-state index contributed by atoms with van der Waals surface area (Å²) in [5.74, 6) is 0.923. The Bertz CT molecular complexity index is 702. The predicted octanol–water partition coefficient (Wildman–Crippen LogP) is 3.76. The maximum atomic E-state index is 11.9. The third-order valence-electron chi connectivity index (χ3n) is 8.52. The predicted molar refractivity (Wildman–Crippen MR) is 133 cm³/mol. The van der Waals surface area contributed by atoms with Gasteiger partial charge in [-0.15, -0.1) is 0 Å². The third-order valence-corrected chi connectivity index (χ3v) is 8.52. The number of hydrogen-bond donors (Lipinski definition) is 1. The monoisotopic (exact) mass is 476 g/mol. The molecule has 2 atom stereocenters. The molecule has 3 saturated heterocycles. The Morgan fingerprint density at radius 3 is 2.21 bits per heavy atom. The summed E-state index contributed by atoms with van der Waals surface area (Å²) in [6.07, 6.45) is 7.29. The molecule has 1 aromatic rings. The summed E-state index contributed by atoms with van der Waals surface area (Å²) in [5, 5.41) is 11.9. The molecule has 1 aromatic carbocycles. The van der Waals surface area contributed by atoms with Crippen LogP contribution in [0.15, 0.2) is 30.3 Å². The molecule has 3 heterocycles. The summed E-state index contributed by atoms with van der Waals surface area (Å²) in [4.78, 5) is 0. The van der Waals surface area contributed by atoms with E-state index >= 15 is 0 Å². The van der Waals surface area contributed by atoms with Gasteiger partial charge in [0, 0.05) is 25.4 Å². The van der Waals surface area contributed by atoms with Crippen LogP contribution in [0.2, 0.25) is 0 Å². The van der Waals surface area contributed by atoms with Crippen molar-refractivity contribution in [3.05, 3.63) is 35.9 Å². The van der Waals surface area contributed by atoms with Gasteiger partial charge in [0.05, 0.1) is 52.7 Å². The van der Waals surface area contributed by atoms with Gasteiger partial charge in [-0.3, -0.25) is 0 Å². The van der Waals surface area contributed by atoms with E-state index in [1.165, 1.54) is 38.8 Å². The number of rotatable bonds is 15. The summed E-state index contributed by atoms with van der Waals surface area (Å²) in [5.41, 5.74) is 0.142. The molecule has 5 rings (SSSR count). The summed E-state index contributed by atoms with van der Waals surface area (Å²) in [7, 11) is 0. The molecular weight excluding hydrogens is 430 g/mol. The Morgan fingerprint density at radius 2 is 1.53 bits per heavy atom. The smallest absolute Gasteiger partial charge is 0.116 e. The topological polar surface area (TPSA) is 57.2 Å². The molecule has 0 radical (unpaired) electrons. The fraction of sp³-hybridized carbons (Fsp3) is 0.786. The van der Waals surface area contributed by atoms with Crippen LogP contribution in [0.3, 0.4) is 0 Å². The average molecular weight is 477 g/mol. The van der Waals surface area contributed by atoms with Crippen molar-refractivity contribution in [2.75, 3.05) is 72.4 Å². The highest BCUT2D eigenvalue weighted by Crippen LogP contribution is 2.42. The van der Waals surface area contributed by atoms with Crippen molar-refractivity contribution in [2.24, 2.45) is 11.8 Å². The third kappa shape index (κ3) is 6.59. The van der Waals surface area contributed by atoms with Crippen LogP contribution in [-0.2, 0) is 24.5 Å². The molecule has 1 saturated carbocycles. The van der Waals surface area contributed by atoms with E-state index in [4.69, 9.17) is 18.9 Å². The Kier molecular flexibility index (Phi) is 9.80. The van der Waals surface area contributed by atoms with Crippen LogP contribution in [-0.4, -0.2) is 88.1 Å². The summed E-state index contributed by atoms with van der Waals surface area (Å²) in [6, 6.07) is 10.2. The van der Waals surface area contributed by atoms with Crippen LogP contribution < -0.4 is 0 Å². The van der Waals surface area contributed by atoms with E-state index in [1.54, 1.807) is 0 Å². The van der Waals surface area contributed by atoms with Crippen molar-refractivity contribution in [3.63, 3.8) is 0 Å². The zero-order valence-electron chi connectivity index (χ0n) is 21.2. The quantitative estimate of drug-likeness (QED) is 0.309. The lowest BCUT2D eigenvalue weighted by Crippen LogP contribution is -2.65. The van der Waals surface area contributed by atoms with E-state index < -0.39 is 5.60 Å². The summed E-state index contributed by atoms with van der Waals surface area (Å²) < 4.78 is 24.5. The Morgan fingerprint density at radius 1 is 0.882 bits per heavy atom. The second kappa shape index (κ2) is 12.8. The molecule has 0 spiro atoms. The first-order valence-electron chi connectivity index (χ1n) is 13.6. The first kappa shape index (κ1) is 26.1. The molecule has 1 aliphatic carbocycles. The first-order valence-corrected chi connectivity index (χ1v) is 13.6. The van der Waals surface area contributed by atoms with Gasteiger partial charge in [-0.25, -0.2) is 0 Å². The lowest BCUT2D eigenvalue weighted by atomic mass is 9.80. The van der Waals surface area contributed by atoms with Crippen molar-refractivity contribution in [3.8, 4) is 0 Å². The number of piperidine rings is 3. The molecule has 0 aromatic heterocycles. The molecule has 1 N–H and O–H groups in total. The number of benzene rings is 1. The molecule has 34 heavy (non-hydrogen) atoms. The van der Waals surface area contributed by atoms with Crippen LogP contribution in [0, 0.1) is 11.8 Å². The molecule has 4 fully saturated rings. The fourth-order valence-electron chi connectivity index (χ4n) is 6.37. The molecule has 192 valence electrons. The van der Waals surface area contributed by atoms with E-state index in [0.717, 1.165) is 49.2 Å². The van der Waals surface area contributed by atoms with Crippen LogP contribution in [0.1, 0.15) is 51.0 Å². The van der Waals surface area contributed by atoms with Gasteiger partial charge in [0.15, 0.2) is 0 Å². The van der Waals surface area contributed by atoms with Crippen LogP contribution in [0.25, 0.3) is 0 Å². The number of aliphatic hydroxyl groups is 1. The number of hydrogen-bond acceptors (Lipinski definition) is 5. The molecule has 2 bridgehead atoms. The van der Waals surface area contributed by atoms with Gasteiger partial charge in [0.1, 0.15) is 24.8 Å². The van der Waals surface area contributed by atoms with E-state index in [9.17, 15) is 5.11 Å². The SMILES string of the molecule is CCOCCOCCOCC[N+]12CCC(CC1)[C@@H](OC[C@@](O)(c1ccccc1)C1CCCC1)C2. The molecule has 0 amide bonds. The van der Waals surface area contributed by atoms with Gasteiger partial charge >= 0.3 is 0 Å². The summed E-state index contributed by atoms with van der Waals surface area (Å²) >= 11 is 0. The van der Waals surface area contributed by atoms with Crippen LogP contribution in [0.4, 0.5) is 0 Å². The standard InChI is InChI=1S/C28H46NO5/c1-2-31-18-19-33-21-20-32-17-16-29-14-12-24(13-15-29)27(22-29)34-23-28(30,26-10-6-7-11-26)25-8-4-3-5-9-25/h3-5,8-9,24,26-27,30H,2,6-7,10-23H2,1H3/q+1/t24?,27-,28+,29?/m0/s1. The van der Waals surface area contributed by atoms with Crippen molar-refractivity contribution in [1.82, 2.24) is 0 Å². The minimum absolute atomic E-state index is 0.237. The van der Waals surface area contributed by atoms with E-state index in [1.807, 2.05) is 25.1 Å². The Labute approximate surface area is 206 Å². The second-order valence-electron chi connectivity index (χ2n) is 10.6. The van der Waals surface area contributed by atoms with E-state index in [-0.39, 0.29) is 6.10 Å². The minimum Gasteiger partial charge on any atom is -0.382 e. The van der Waals surface area contributed by atoms with Crippen LogP contribution in [0.5, 0.6) is 0 Å². The van der Waals surface area contributed by atoms with Gasteiger partial charge < -0.3 is 28.5 Å². The van der Waals surface area contributed by atoms with Crippen molar-refractivity contribution in [1.29, 1.82) is 0 Å². The lowest BCUT2D eigenvalue weighted by Gasteiger charge is -2.52. The number of nitrogens with zero attached hydrogens (tertiary/aromatic N) is 1. The second-order valence-corrected chi connectivity index (χ2v) is 10.6. The molecule has 6 nitrogen and oxygen atoms in total.